The van der Waals surface area contributed by atoms with Gasteiger partial charge in [-0.15, -0.1) is 0 Å². The van der Waals surface area contributed by atoms with Crippen molar-refractivity contribution in [2.45, 2.75) is 25.0 Å². The van der Waals surface area contributed by atoms with E-state index >= 15 is 0 Å². The van der Waals surface area contributed by atoms with E-state index < -0.39 is 0 Å². The number of tetrazole rings is 1. The molecular weight excluding hydrogens is 198 g/mol. The fourth-order valence-corrected chi connectivity index (χ4v) is 1.73. The molecule has 0 unspecified atom stereocenters. The van der Waals surface area contributed by atoms with E-state index in [-0.39, 0.29) is 0 Å². The summed E-state index contributed by atoms with van der Waals surface area (Å²) in [6.45, 7) is 4.07. The predicted octanol–water partition coefficient (Wildman–Crippen LogP) is 0.156. The van der Waals surface area contributed by atoms with Gasteiger partial charge in [0.2, 0.25) is 0 Å². The van der Waals surface area contributed by atoms with Crippen molar-refractivity contribution < 1.29 is 4.68 Å². The minimum Gasteiger partial charge on any atom is -0.306 e. The van der Waals surface area contributed by atoms with Gasteiger partial charge in [0.25, 0.3) is 0 Å². The third-order valence-electron chi connectivity index (χ3n) is 1.74. The molecule has 0 aromatic carbocycles. The van der Waals surface area contributed by atoms with E-state index in [1.165, 1.54) is 0 Å². The van der Waals surface area contributed by atoms with E-state index in [0.29, 0.717) is 0 Å². The molecule has 1 rings (SSSR count). The van der Waals surface area contributed by atoms with Crippen molar-refractivity contribution in [3.05, 3.63) is 0 Å². The number of nitrogens with one attached hydrogen (secondary N) is 1. The van der Waals surface area contributed by atoms with Crippen LogP contribution in [0.25, 0.3) is 0 Å². The number of nitrogens with zero attached hydrogens (tertiary/aromatic N) is 4. The van der Waals surface area contributed by atoms with Gasteiger partial charge in [0.1, 0.15) is 11.6 Å². The maximum absolute atomic E-state index is 4.03. The molecule has 0 fully saturated rings. The van der Waals surface area contributed by atoms with Gasteiger partial charge in [-0.3, -0.25) is 0 Å². The molecular formula is C8H18N5S+. The summed E-state index contributed by atoms with van der Waals surface area (Å²) in [4.78, 5) is 2.14. The van der Waals surface area contributed by atoms with Gasteiger partial charge in [-0.1, -0.05) is 12.1 Å². The van der Waals surface area contributed by atoms with Gasteiger partial charge in [0, 0.05) is 12.3 Å². The van der Waals surface area contributed by atoms with Gasteiger partial charge < -0.3 is 4.90 Å². The third kappa shape index (κ3) is 3.63. The highest BCUT2D eigenvalue weighted by molar-refractivity contribution is 7.99. The Hall–Kier alpha value is -0.620. The van der Waals surface area contributed by atoms with Gasteiger partial charge >= 0.3 is 5.16 Å². The lowest BCUT2D eigenvalue weighted by Gasteiger charge is -2.06. The zero-order valence-corrected chi connectivity index (χ0v) is 9.84. The molecule has 0 aliphatic carbocycles. The molecule has 0 bridgehead atoms. The molecule has 14 heavy (non-hydrogen) atoms. The molecule has 6 heteroatoms. The molecule has 0 aliphatic heterocycles. The molecule has 0 saturated heterocycles. The quantitative estimate of drug-likeness (QED) is 0.543. The fraction of sp³-hybridized carbons (Fsp3) is 0.875. The maximum atomic E-state index is 4.03. The van der Waals surface area contributed by atoms with Gasteiger partial charge in [-0.2, -0.15) is 4.68 Å². The maximum Gasteiger partial charge on any atom is 0.359 e. The second-order valence-electron chi connectivity index (χ2n) is 3.39. The zero-order chi connectivity index (χ0) is 10.4. The van der Waals surface area contributed by atoms with Crippen LogP contribution in [0, 0.1) is 0 Å². The first-order chi connectivity index (χ1) is 6.74. The van der Waals surface area contributed by atoms with Crippen molar-refractivity contribution in [2.24, 2.45) is 0 Å². The highest BCUT2D eigenvalue weighted by Crippen LogP contribution is 2.09. The molecule has 0 saturated carbocycles. The van der Waals surface area contributed by atoms with E-state index in [2.05, 4.69) is 41.4 Å². The van der Waals surface area contributed by atoms with Crippen molar-refractivity contribution in [1.82, 2.24) is 20.4 Å². The Bertz CT molecular complexity index is 260. The van der Waals surface area contributed by atoms with E-state index in [1.54, 1.807) is 11.8 Å². The predicted molar refractivity (Wildman–Crippen MR) is 56.1 cm³/mol. The molecule has 5 nitrogen and oxygen atoms in total. The van der Waals surface area contributed by atoms with Crippen molar-refractivity contribution in [3.8, 4) is 0 Å². The standard InChI is InChI=1S/C8H17N5S/c1-4-7-14-8-9-10-11-13(8)6-5-12(2)3/h4-7H2,1-3H3/p+1. The number of aromatic nitrogens is 4. The minimum absolute atomic E-state index is 0.909. The number of hydrogen-bond acceptors (Lipinski definition) is 4. The Morgan fingerprint density at radius 3 is 2.93 bits per heavy atom. The minimum atomic E-state index is 0.909. The summed E-state index contributed by atoms with van der Waals surface area (Å²) >= 11 is 1.74. The Balaban J connectivity index is 2.45. The molecule has 0 radical (unpaired) electrons. The molecule has 1 N–H and O–H groups in total. The molecule has 0 atom stereocenters. The van der Waals surface area contributed by atoms with Crippen molar-refractivity contribution in [1.29, 1.82) is 0 Å². The number of aromatic amines is 1. The molecule has 1 aromatic heterocycles. The Morgan fingerprint density at radius 2 is 2.29 bits per heavy atom. The lowest BCUT2D eigenvalue weighted by Crippen LogP contribution is -2.42. The third-order valence-corrected chi connectivity index (χ3v) is 2.91. The zero-order valence-electron chi connectivity index (χ0n) is 9.03. The molecule has 0 amide bonds. The van der Waals surface area contributed by atoms with E-state index in [9.17, 15) is 0 Å². The number of thioether (sulfide) groups is 1. The lowest BCUT2D eigenvalue weighted by atomic mass is 10.6. The van der Waals surface area contributed by atoms with Crippen LogP contribution in [0.5, 0.6) is 0 Å². The van der Waals surface area contributed by atoms with Gasteiger partial charge in [-0.05, 0) is 32.3 Å². The van der Waals surface area contributed by atoms with E-state index in [0.717, 1.165) is 30.4 Å². The number of likely N-dealkylation sites (N-methyl/N-ethyl adjacent to an activating group) is 1. The number of H-pyrrole nitrogens is 1. The van der Waals surface area contributed by atoms with Crippen LogP contribution in [0.1, 0.15) is 13.3 Å². The van der Waals surface area contributed by atoms with Crippen LogP contribution >= 0.6 is 11.8 Å². The largest absolute Gasteiger partial charge is 0.359 e. The van der Waals surface area contributed by atoms with Gasteiger partial charge in [-0.25, -0.2) is 0 Å². The topological polar surface area (TPSA) is 48.7 Å². The average molecular weight is 216 g/mol. The Labute approximate surface area is 88.9 Å². The molecule has 1 heterocycles. The summed E-state index contributed by atoms with van der Waals surface area (Å²) in [5.41, 5.74) is 0. The normalized spacial score (nSPS) is 11.1. The second kappa shape index (κ2) is 5.98. The second-order valence-corrected chi connectivity index (χ2v) is 4.45. The lowest BCUT2D eigenvalue weighted by molar-refractivity contribution is -0.787. The van der Waals surface area contributed by atoms with Crippen LogP contribution in [0.2, 0.25) is 0 Å². The summed E-state index contributed by atoms with van der Waals surface area (Å²) in [6.07, 6.45) is 1.16. The Morgan fingerprint density at radius 1 is 1.50 bits per heavy atom. The first-order valence-corrected chi connectivity index (χ1v) is 5.81. The van der Waals surface area contributed by atoms with Crippen molar-refractivity contribution >= 4 is 11.8 Å². The van der Waals surface area contributed by atoms with E-state index in [1.807, 2.05) is 4.68 Å². The summed E-state index contributed by atoms with van der Waals surface area (Å²) < 4.78 is 1.99. The monoisotopic (exact) mass is 216 g/mol. The summed E-state index contributed by atoms with van der Waals surface area (Å²) in [5.74, 6) is 1.09. The molecule has 0 aliphatic rings. The average Bonchev–Trinajstić information content (AvgIpc) is 2.58. The van der Waals surface area contributed by atoms with Crippen LogP contribution < -0.4 is 4.68 Å². The van der Waals surface area contributed by atoms with Crippen LogP contribution in [0.3, 0.4) is 0 Å². The molecule has 0 spiro atoms. The van der Waals surface area contributed by atoms with Crippen LogP contribution in [0.4, 0.5) is 0 Å². The first-order valence-electron chi connectivity index (χ1n) is 4.82. The Kier molecular flexibility index (Phi) is 4.89. The van der Waals surface area contributed by atoms with Crippen LogP contribution in [-0.2, 0) is 6.54 Å². The SMILES string of the molecule is CCCSc1nn[nH][n+]1CCN(C)C. The molecule has 80 valence electrons. The van der Waals surface area contributed by atoms with Crippen molar-refractivity contribution in [3.63, 3.8) is 0 Å². The summed E-state index contributed by atoms with van der Waals surface area (Å²) in [7, 11) is 4.12. The smallest absolute Gasteiger partial charge is 0.306 e. The summed E-state index contributed by atoms with van der Waals surface area (Å²) in [6, 6.07) is 0. The summed E-state index contributed by atoms with van der Waals surface area (Å²) in [5, 5.41) is 11.7. The van der Waals surface area contributed by atoms with Crippen LogP contribution in [-0.4, -0.2) is 46.8 Å². The fourth-order valence-electron chi connectivity index (χ4n) is 0.962. The van der Waals surface area contributed by atoms with Crippen LogP contribution in [0.15, 0.2) is 5.16 Å². The molecule has 1 aromatic rings. The number of hydrogen-bond donors (Lipinski definition) is 1. The van der Waals surface area contributed by atoms with Gasteiger partial charge in [0.15, 0.2) is 5.21 Å². The van der Waals surface area contributed by atoms with Crippen molar-refractivity contribution in [2.75, 3.05) is 26.4 Å². The van der Waals surface area contributed by atoms with Gasteiger partial charge in [0.05, 0.1) is 0 Å². The van der Waals surface area contributed by atoms with E-state index in [4.69, 9.17) is 0 Å². The number of rotatable bonds is 6. The first kappa shape index (κ1) is 11.5. The highest BCUT2D eigenvalue weighted by Gasteiger charge is 2.13. The highest BCUT2D eigenvalue weighted by atomic mass is 32.2.